The Bertz CT molecular complexity index is 1100. The minimum absolute atomic E-state index is 0.0373. The van der Waals surface area contributed by atoms with E-state index in [1.807, 2.05) is 48.3 Å². The number of ether oxygens (including phenoxy) is 1. The summed E-state index contributed by atoms with van der Waals surface area (Å²) in [6, 6.07) is 14.9. The van der Waals surface area contributed by atoms with Gasteiger partial charge in [0.05, 0.1) is 18.4 Å². The number of fused-ring (bicyclic) bond motifs is 1. The molecule has 0 bridgehead atoms. The fourth-order valence-electron chi connectivity index (χ4n) is 4.24. The van der Waals surface area contributed by atoms with E-state index in [0.717, 1.165) is 25.7 Å². The van der Waals surface area contributed by atoms with E-state index in [0.29, 0.717) is 27.8 Å². The number of amides is 1. The van der Waals surface area contributed by atoms with Crippen molar-refractivity contribution in [2.24, 2.45) is 0 Å². The summed E-state index contributed by atoms with van der Waals surface area (Å²) in [5.41, 5.74) is 1.08. The molecule has 0 N–H and O–H groups in total. The Kier molecular flexibility index (Phi) is 5.38. The molecule has 3 aromatic rings. The minimum Gasteiger partial charge on any atom is -0.497 e. The van der Waals surface area contributed by atoms with Crippen molar-refractivity contribution in [1.82, 2.24) is 9.47 Å². The van der Waals surface area contributed by atoms with Crippen molar-refractivity contribution in [1.29, 1.82) is 0 Å². The molecule has 0 aliphatic heterocycles. The second-order valence-electron chi connectivity index (χ2n) is 7.67. The van der Waals surface area contributed by atoms with Crippen molar-refractivity contribution in [3.05, 3.63) is 70.6 Å². The van der Waals surface area contributed by atoms with Crippen LogP contribution in [0.5, 0.6) is 5.75 Å². The Hall–Kier alpha value is -3.08. The quantitative estimate of drug-likeness (QED) is 0.663. The summed E-state index contributed by atoms with van der Waals surface area (Å²) >= 11 is 0. The first kappa shape index (κ1) is 19.2. The summed E-state index contributed by atoms with van der Waals surface area (Å²) < 4.78 is 6.86. The molecule has 2 aromatic carbocycles. The Labute approximate surface area is 170 Å². The van der Waals surface area contributed by atoms with E-state index in [2.05, 4.69) is 0 Å². The van der Waals surface area contributed by atoms with Gasteiger partial charge in [0.25, 0.3) is 11.5 Å². The molecule has 4 rings (SSSR count). The predicted molar refractivity (Wildman–Crippen MR) is 115 cm³/mol. The largest absolute Gasteiger partial charge is 0.497 e. The van der Waals surface area contributed by atoms with Crippen LogP contribution in [0.25, 0.3) is 16.5 Å². The molecule has 5 nitrogen and oxygen atoms in total. The van der Waals surface area contributed by atoms with Crippen LogP contribution in [0.15, 0.2) is 59.5 Å². The Morgan fingerprint density at radius 1 is 1.03 bits per heavy atom. The molecule has 1 amide bonds. The van der Waals surface area contributed by atoms with Gasteiger partial charge in [-0.25, -0.2) is 0 Å². The topological polar surface area (TPSA) is 51.5 Å². The van der Waals surface area contributed by atoms with E-state index >= 15 is 0 Å². The number of hydrogen-bond acceptors (Lipinski definition) is 3. The summed E-state index contributed by atoms with van der Waals surface area (Å²) in [5, 5.41) is 1.24. The molecule has 0 saturated heterocycles. The summed E-state index contributed by atoms with van der Waals surface area (Å²) in [6.45, 7) is 0. The highest BCUT2D eigenvalue weighted by atomic mass is 16.5. The van der Waals surface area contributed by atoms with Crippen molar-refractivity contribution >= 4 is 16.7 Å². The van der Waals surface area contributed by atoms with Gasteiger partial charge in [-0.15, -0.1) is 0 Å². The first-order valence-corrected chi connectivity index (χ1v) is 10.2. The average molecular weight is 390 g/mol. The van der Waals surface area contributed by atoms with E-state index in [1.165, 1.54) is 6.42 Å². The number of carbonyl (C=O) groups is 1. The molecule has 0 radical (unpaired) electrons. The molecule has 0 spiro atoms. The molecule has 29 heavy (non-hydrogen) atoms. The van der Waals surface area contributed by atoms with Crippen LogP contribution in [0.3, 0.4) is 0 Å². The van der Waals surface area contributed by atoms with Crippen LogP contribution in [0.1, 0.15) is 42.5 Å². The molecular formula is C24H26N2O3. The van der Waals surface area contributed by atoms with Crippen LogP contribution in [0.4, 0.5) is 0 Å². The molecule has 0 unspecified atom stereocenters. The number of hydrogen-bond donors (Lipinski definition) is 0. The number of carbonyl (C=O) groups excluding carboxylic acids is 1. The summed E-state index contributed by atoms with van der Waals surface area (Å²) in [5.74, 6) is 0.625. The van der Waals surface area contributed by atoms with Crippen molar-refractivity contribution in [3.8, 4) is 11.4 Å². The highest BCUT2D eigenvalue weighted by Gasteiger charge is 2.25. The van der Waals surface area contributed by atoms with Crippen LogP contribution >= 0.6 is 0 Å². The van der Waals surface area contributed by atoms with Gasteiger partial charge in [0.2, 0.25) is 0 Å². The fourth-order valence-corrected chi connectivity index (χ4v) is 4.24. The molecule has 1 fully saturated rings. The molecule has 0 atom stereocenters. The van der Waals surface area contributed by atoms with Gasteiger partial charge in [-0.2, -0.15) is 0 Å². The number of aromatic nitrogens is 1. The molecule has 150 valence electrons. The maximum Gasteiger partial charge on any atom is 0.262 e. The zero-order valence-corrected chi connectivity index (χ0v) is 16.9. The number of nitrogens with zero attached hydrogens (tertiary/aromatic N) is 2. The minimum atomic E-state index is -0.147. The lowest BCUT2D eigenvalue weighted by Gasteiger charge is -2.31. The number of methoxy groups -OCH3 is 1. The van der Waals surface area contributed by atoms with E-state index < -0.39 is 0 Å². The highest BCUT2D eigenvalue weighted by Crippen LogP contribution is 2.25. The first-order chi connectivity index (χ1) is 14.1. The Morgan fingerprint density at radius 2 is 1.76 bits per heavy atom. The van der Waals surface area contributed by atoms with Gasteiger partial charge in [0.15, 0.2) is 0 Å². The molecule has 1 saturated carbocycles. The van der Waals surface area contributed by atoms with Gasteiger partial charge < -0.3 is 9.64 Å². The lowest BCUT2D eigenvalue weighted by atomic mass is 9.94. The van der Waals surface area contributed by atoms with Gasteiger partial charge >= 0.3 is 0 Å². The van der Waals surface area contributed by atoms with Crippen LogP contribution in [0, 0.1) is 0 Å². The van der Waals surface area contributed by atoms with E-state index in [9.17, 15) is 9.59 Å². The zero-order chi connectivity index (χ0) is 20.4. The van der Waals surface area contributed by atoms with Gasteiger partial charge in [0, 0.05) is 36.1 Å². The van der Waals surface area contributed by atoms with Crippen LogP contribution in [0.2, 0.25) is 0 Å². The Morgan fingerprint density at radius 3 is 2.48 bits per heavy atom. The lowest BCUT2D eigenvalue weighted by molar-refractivity contribution is 0.0697. The molecule has 1 heterocycles. The van der Waals surface area contributed by atoms with E-state index in [1.54, 1.807) is 30.0 Å². The highest BCUT2D eigenvalue weighted by molar-refractivity contribution is 6.06. The number of benzene rings is 2. The van der Waals surface area contributed by atoms with Crippen molar-refractivity contribution in [3.63, 3.8) is 0 Å². The zero-order valence-electron chi connectivity index (χ0n) is 16.9. The molecular weight excluding hydrogens is 364 g/mol. The molecule has 1 aliphatic carbocycles. The van der Waals surface area contributed by atoms with Crippen molar-refractivity contribution in [2.45, 2.75) is 38.1 Å². The van der Waals surface area contributed by atoms with Crippen LogP contribution in [-0.4, -0.2) is 35.6 Å². The van der Waals surface area contributed by atoms with Crippen molar-refractivity contribution in [2.75, 3.05) is 14.2 Å². The standard InChI is InChI=1S/C24H26N2O3/c1-25(17-9-4-3-5-10-17)23(27)22-16-26(18-11-8-12-19(15-18)29-2)24(28)21-14-7-6-13-20(21)22/h6-8,11-17H,3-5,9-10H2,1-2H3. The van der Waals surface area contributed by atoms with Crippen LogP contribution in [-0.2, 0) is 0 Å². The maximum absolute atomic E-state index is 13.5. The van der Waals surface area contributed by atoms with Crippen LogP contribution < -0.4 is 10.3 Å². The maximum atomic E-state index is 13.5. The summed E-state index contributed by atoms with van der Waals surface area (Å²) in [6.07, 6.45) is 7.31. The third kappa shape index (κ3) is 3.65. The second-order valence-corrected chi connectivity index (χ2v) is 7.67. The number of rotatable bonds is 4. The first-order valence-electron chi connectivity index (χ1n) is 10.2. The second kappa shape index (κ2) is 8.11. The predicted octanol–water partition coefficient (Wildman–Crippen LogP) is 4.40. The third-order valence-electron chi connectivity index (χ3n) is 5.93. The van der Waals surface area contributed by atoms with E-state index in [4.69, 9.17) is 4.74 Å². The Balaban J connectivity index is 1.86. The third-order valence-corrected chi connectivity index (χ3v) is 5.93. The lowest BCUT2D eigenvalue weighted by Crippen LogP contribution is -2.39. The molecule has 5 heteroatoms. The van der Waals surface area contributed by atoms with Gasteiger partial charge in [0.1, 0.15) is 5.75 Å². The van der Waals surface area contributed by atoms with E-state index in [-0.39, 0.29) is 17.5 Å². The monoisotopic (exact) mass is 390 g/mol. The summed E-state index contributed by atoms with van der Waals surface area (Å²) in [7, 11) is 3.48. The summed E-state index contributed by atoms with van der Waals surface area (Å²) in [4.78, 5) is 28.5. The number of pyridine rings is 1. The van der Waals surface area contributed by atoms with Gasteiger partial charge in [-0.1, -0.05) is 43.5 Å². The van der Waals surface area contributed by atoms with Gasteiger partial charge in [-0.05, 0) is 31.0 Å². The van der Waals surface area contributed by atoms with Gasteiger partial charge in [-0.3, -0.25) is 14.2 Å². The molecule has 1 aliphatic rings. The smallest absolute Gasteiger partial charge is 0.262 e. The SMILES string of the molecule is COc1cccc(-n2cc(C(=O)N(C)C3CCCCC3)c3ccccc3c2=O)c1. The fraction of sp³-hybridized carbons (Fsp3) is 0.333. The normalized spacial score (nSPS) is 14.7. The van der Waals surface area contributed by atoms with Crippen molar-refractivity contribution < 1.29 is 9.53 Å². The average Bonchev–Trinajstić information content (AvgIpc) is 2.79. The molecule has 1 aromatic heterocycles.